The minimum atomic E-state index is -5.07. The van der Waals surface area contributed by atoms with Crippen molar-refractivity contribution in [1.82, 2.24) is 0 Å². The summed E-state index contributed by atoms with van der Waals surface area (Å²) in [5, 5.41) is 0. The molecule has 1 fully saturated rings. The highest BCUT2D eigenvalue weighted by Gasteiger charge is 2.47. The number of allylic oxidation sites excluding steroid dienone is 2. The Bertz CT molecular complexity index is 504. The van der Waals surface area contributed by atoms with Crippen molar-refractivity contribution in [2.24, 2.45) is 17.8 Å². The van der Waals surface area contributed by atoms with Crippen molar-refractivity contribution in [2.45, 2.75) is 57.9 Å². The maximum atomic E-state index is 12.5. The van der Waals surface area contributed by atoms with Crippen LogP contribution in [0.25, 0.3) is 0 Å². The molecule has 130 valence electrons. The van der Waals surface area contributed by atoms with E-state index in [0.717, 1.165) is 6.42 Å². The normalized spacial score (nSPS) is 27.8. The van der Waals surface area contributed by atoms with E-state index in [1.807, 2.05) is 12.2 Å². The second kappa shape index (κ2) is 6.17. The third-order valence-corrected chi connectivity index (χ3v) is 4.09. The predicted octanol–water partition coefficient (Wildman–Crippen LogP) is 3.40. The molecular weight excluding hydrogens is 313 g/mol. The minimum absolute atomic E-state index is 0.0495. The van der Waals surface area contributed by atoms with Gasteiger partial charge in [0.1, 0.15) is 11.7 Å². The van der Waals surface area contributed by atoms with E-state index in [9.17, 15) is 22.8 Å². The molecule has 0 aliphatic heterocycles. The average Bonchev–Trinajstić information content (AvgIpc) is 2.96. The Morgan fingerprint density at radius 2 is 1.83 bits per heavy atom. The zero-order valence-electron chi connectivity index (χ0n) is 13.4. The average molecular weight is 334 g/mol. The molecule has 23 heavy (non-hydrogen) atoms. The van der Waals surface area contributed by atoms with Crippen LogP contribution in [0.2, 0.25) is 0 Å². The maximum absolute atomic E-state index is 12.5. The fourth-order valence-corrected chi connectivity index (χ4v) is 3.28. The first-order chi connectivity index (χ1) is 10.5. The van der Waals surface area contributed by atoms with Gasteiger partial charge in [-0.3, -0.25) is 4.79 Å². The van der Waals surface area contributed by atoms with Gasteiger partial charge in [0.25, 0.3) is 0 Å². The van der Waals surface area contributed by atoms with Crippen LogP contribution in [0.3, 0.4) is 0 Å². The number of hydrogen-bond donors (Lipinski definition) is 0. The lowest BCUT2D eigenvalue weighted by Crippen LogP contribution is -2.38. The van der Waals surface area contributed by atoms with Crippen molar-refractivity contribution in [3.63, 3.8) is 0 Å². The second-order valence-electron chi connectivity index (χ2n) is 7.18. The van der Waals surface area contributed by atoms with Gasteiger partial charge < -0.3 is 9.47 Å². The fraction of sp³-hybridized carbons (Fsp3) is 0.750. The van der Waals surface area contributed by atoms with Gasteiger partial charge in [-0.1, -0.05) is 12.2 Å². The summed E-state index contributed by atoms with van der Waals surface area (Å²) in [6.07, 6.45) is -1.13. The summed E-state index contributed by atoms with van der Waals surface area (Å²) in [6.45, 7) is 5.01. The van der Waals surface area contributed by atoms with Gasteiger partial charge in [-0.2, -0.15) is 13.2 Å². The second-order valence-corrected chi connectivity index (χ2v) is 7.18. The highest BCUT2D eigenvalue weighted by atomic mass is 19.4. The number of hydrogen-bond acceptors (Lipinski definition) is 4. The molecule has 2 aliphatic rings. The first-order valence-corrected chi connectivity index (χ1v) is 7.63. The van der Waals surface area contributed by atoms with Crippen molar-refractivity contribution in [1.29, 1.82) is 0 Å². The molecule has 0 N–H and O–H groups in total. The van der Waals surface area contributed by atoms with Gasteiger partial charge in [0.2, 0.25) is 0 Å². The number of esters is 2. The molecule has 2 rings (SSSR count). The zero-order chi connectivity index (χ0) is 17.4. The van der Waals surface area contributed by atoms with Crippen molar-refractivity contribution in [3.8, 4) is 0 Å². The molecule has 4 atom stereocenters. The first kappa shape index (κ1) is 17.8. The summed E-state index contributed by atoms with van der Waals surface area (Å²) in [6, 6.07) is 0. The summed E-state index contributed by atoms with van der Waals surface area (Å²) in [5.41, 5.74) is -0.746. The summed E-state index contributed by atoms with van der Waals surface area (Å²) < 4.78 is 47.2. The number of fused-ring (bicyclic) bond motifs is 2. The molecule has 7 heteroatoms. The molecule has 0 radical (unpaired) electrons. The molecule has 0 saturated heterocycles. The van der Waals surface area contributed by atoms with Crippen molar-refractivity contribution in [3.05, 3.63) is 12.2 Å². The van der Waals surface area contributed by atoms with E-state index in [4.69, 9.17) is 4.74 Å². The lowest BCUT2D eigenvalue weighted by Gasteiger charge is -2.29. The third kappa shape index (κ3) is 4.72. The van der Waals surface area contributed by atoms with Gasteiger partial charge in [-0.25, -0.2) is 4.79 Å². The van der Waals surface area contributed by atoms with Crippen LogP contribution >= 0.6 is 0 Å². The van der Waals surface area contributed by atoms with E-state index in [-0.39, 0.29) is 24.2 Å². The van der Waals surface area contributed by atoms with Crippen LogP contribution in [-0.4, -0.2) is 29.8 Å². The summed E-state index contributed by atoms with van der Waals surface area (Å²) in [4.78, 5) is 23.1. The predicted molar refractivity (Wildman–Crippen MR) is 75.2 cm³/mol. The molecule has 0 heterocycles. The summed E-state index contributed by atoms with van der Waals surface area (Å²) in [7, 11) is 0. The van der Waals surface area contributed by atoms with Crippen molar-refractivity contribution < 1.29 is 32.2 Å². The Labute approximate surface area is 133 Å². The Morgan fingerprint density at radius 1 is 1.17 bits per heavy atom. The SMILES string of the molecule is CC(C)(C)OC(=O)CC(OC(=O)C(F)(F)F)C1CC2C=CC1C2. The monoisotopic (exact) mass is 334 g/mol. The highest BCUT2D eigenvalue weighted by molar-refractivity contribution is 5.77. The maximum Gasteiger partial charge on any atom is 0.490 e. The molecule has 0 amide bonds. The molecule has 2 bridgehead atoms. The summed E-state index contributed by atoms with van der Waals surface area (Å²) >= 11 is 0. The van der Waals surface area contributed by atoms with Crippen LogP contribution in [0.4, 0.5) is 13.2 Å². The lowest BCUT2D eigenvalue weighted by molar-refractivity contribution is -0.209. The fourth-order valence-electron chi connectivity index (χ4n) is 3.28. The Balaban J connectivity index is 2.07. The van der Waals surface area contributed by atoms with E-state index in [2.05, 4.69) is 4.74 Å². The first-order valence-electron chi connectivity index (χ1n) is 7.63. The van der Waals surface area contributed by atoms with Crippen molar-refractivity contribution >= 4 is 11.9 Å². The third-order valence-electron chi connectivity index (χ3n) is 4.09. The molecular formula is C16H21F3O4. The molecule has 4 nitrogen and oxygen atoms in total. The Morgan fingerprint density at radius 3 is 2.26 bits per heavy atom. The van der Waals surface area contributed by atoms with Crippen LogP contribution in [0.1, 0.15) is 40.0 Å². The standard InChI is InChI=1S/C16H21F3O4/c1-15(2,3)23-13(20)8-12(22-14(21)16(17,18)19)11-7-9-4-5-10(11)6-9/h4-5,9-12H,6-8H2,1-3H3. The number of ether oxygens (including phenoxy) is 2. The van der Waals surface area contributed by atoms with E-state index in [1.165, 1.54) is 0 Å². The number of alkyl halides is 3. The van der Waals surface area contributed by atoms with E-state index in [0.29, 0.717) is 6.42 Å². The lowest BCUT2D eigenvalue weighted by atomic mass is 9.87. The zero-order valence-corrected chi connectivity index (χ0v) is 13.4. The topological polar surface area (TPSA) is 52.6 Å². The number of carbonyl (C=O) groups is 2. The minimum Gasteiger partial charge on any atom is -0.460 e. The Kier molecular flexibility index (Phi) is 4.78. The molecule has 1 saturated carbocycles. The van der Waals surface area contributed by atoms with Crippen LogP contribution in [-0.2, 0) is 19.1 Å². The molecule has 0 aromatic carbocycles. The smallest absolute Gasteiger partial charge is 0.460 e. The van der Waals surface area contributed by atoms with Crippen LogP contribution in [0, 0.1) is 17.8 Å². The highest BCUT2D eigenvalue weighted by Crippen LogP contribution is 2.46. The molecule has 0 spiro atoms. The molecule has 2 aliphatic carbocycles. The van der Waals surface area contributed by atoms with Gasteiger partial charge in [-0.15, -0.1) is 0 Å². The van der Waals surface area contributed by atoms with E-state index in [1.54, 1.807) is 20.8 Å². The Hall–Kier alpha value is -1.53. The quantitative estimate of drug-likeness (QED) is 0.584. The van der Waals surface area contributed by atoms with Crippen molar-refractivity contribution in [2.75, 3.05) is 0 Å². The van der Waals surface area contributed by atoms with E-state index < -0.39 is 29.8 Å². The van der Waals surface area contributed by atoms with Crippen LogP contribution < -0.4 is 0 Å². The number of rotatable bonds is 4. The van der Waals surface area contributed by atoms with Gasteiger partial charge >= 0.3 is 18.1 Å². The molecule has 0 aromatic heterocycles. The van der Waals surface area contributed by atoms with Crippen LogP contribution in [0.15, 0.2) is 12.2 Å². The van der Waals surface area contributed by atoms with Gasteiger partial charge in [-0.05, 0) is 45.4 Å². The van der Waals surface area contributed by atoms with Gasteiger partial charge in [0.15, 0.2) is 0 Å². The largest absolute Gasteiger partial charge is 0.490 e. The van der Waals surface area contributed by atoms with E-state index >= 15 is 0 Å². The van der Waals surface area contributed by atoms with Gasteiger partial charge in [0.05, 0.1) is 6.42 Å². The number of carbonyl (C=O) groups excluding carboxylic acids is 2. The molecule has 0 aromatic rings. The van der Waals surface area contributed by atoms with Crippen LogP contribution in [0.5, 0.6) is 0 Å². The number of halogens is 3. The molecule has 4 unspecified atom stereocenters. The van der Waals surface area contributed by atoms with Gasteiger partial charge in [0, 0.05) is 5.92 Å². The summed E-state index contributed by atoms with van der Waals surface area (Å²) in [5.74, 6) is -2.85.